The minimum Gasteiger partial charge on any atom is -1.00 e. The first-order valence-corrected chi connectivity index (χ1v) is 3.22. The molecule has 0 fully saturated rings. The second kappa shape index (κ2) is 12.3. The fourth-order valence-electron chi connectivity index (χ4n) is 0. The van der Waals surface area contributed by atoms with Crippen LogP contribution in [0.5, 0.6) is 0 Å². The second-order valence-electron chi connectivity index (χ2n) is 0.990. The molecule has 0 aromatic heterocycles. The summed E-state index contributed by atoms with van der Waals surface area (Å²) in [4.78, 5) is 9.25. The molecule has 6 nitrogen and oxygen atoms in total. The van der Waals surface area contributed by atoms with Crippen molar-refractivity contribution in [3.63, 3.8) is 0 Å². The second-order valence-corrected chi connectivity index (χ2v) is 1.89. The Labute approximate surface area is 126 Å². The average Bonchev–Trinajstić information content (AvgIpc) is 1.61. The molecule has 0 bridgehead atoms. The van der Waals surface area contributed by atoms with E-state index in [4.69, 9.17) is 22.6 Å². The molecule has 3 N–H and O–H groups in total. The molecule has 0 aromatic carbocycles. The van der Waals surface area contributed by atoms with Gasteiger partial charge in [0, 0.05) is 25.6 Å². The molecule has 0 radical (unpaired) electrons. The van der Waals surface area contributed by atoms with E-state index in [0.717, 1.165) is 6.08 Å². The van der Waals surface area contributed by atoms with E-state index in [9.17, 15) is 4.79 Å². The van der Waals surface area contributed by atoms with Gasteiger partial charge in [0.05, 0.1) is 0 Å². The van der Waals surface area contributed by atoms with Gasteiger partial charge < -0.3 is 7.96 Å². The van der Waals surface area contributed by atoms with Crippen molar-refractivity contribution in [2.75, 3.05) is 0 Å². The Kier molecular flexibility index (Phi) is 23.8. The van der Waals surface area contributed by atoms with Gasteiger partial charge in [-0.25, -0.2) is 4.79 Å². The van der Waals surface area contributed by atoms with Gasteiger partial charge in [0.25, 0.3) is 0 Å². The van der Waals surface area contributed by atoms with E-state index < -0.39 is 16.4 Å². The van der Waals surface area contributed by atoms with Gasteiger partial charge in [0.15, 0.2) is 0 Å². The molecular weight excluding hydrogens is 367 g/mol. The van der Waals surface area contributed by atoms with E-state index in [1.54, 1.807) is 0 Å². The van der Waals surface area contributed by atoms with E-state index in [1.807, 2.05) is 0 Å². The van der Waals surface area contributed by atoms with Gasteiger partial charge in [0.2, 0.25) is 0 Å². The summed E-state index contributed by atoms with van der Waals surface area (Å²) in [6.07, 6.45) is 0.833. The first kappa shape index (κ1) is 23.3. The summed E-state index contributed by atoms with van der Waals surface area (Å²) in [5, 5.41) is 7.60. The Morgan fingerprint density at radius 3 is 1.50 bits per heavy atom. The Hall–Kier alpha value is 1.27. The van der Waals surface area contributed by atoms with Gasteiger partial charge in [0.1, 0.15) is 0 Å². The summed E-state index contributed by atoms with van der Waals surface area (Å²) in [6, 6.07) is 0. The summed E-state index contributed by atoms with van der Waals surface area (Å²) in [6.45, 7) is 2.96. The molecule has 0 rings (SSSR count). The van der Waals surface area contributed by atoms with Crippen LogP contribution in [0.1, 0.15) is 2.85 Å². The number of carboxylic acids is 1. The zero-order chi connectivity index (χ0) is 8.78. The van der Waals surface area contributed by atoms with Gasteiger partial charge in [-0.1, -0.05) is 6.58 Å². The number of hydrogen-bond acceptors (Lipinski definition) is 3. The van der Waals surface area contributed by atoms with Gasteiger partial charge >= 0.3 is 65.2 Å². The topological polar surface area (TPSA) is 112 Å². The molecule has 9 heteroatoms. The standard InChI is InChI=1S/C3H4O2.Ba.H2O4S.Zn.2H/c1-2-3(4)5;;1-5(2,3)4;;;/h2H,1H2,(H,4,5);;(H2,1,2,3,4);;;/q;+2;;;2*-1. The first-order chi connectivity index (χ1) is 4.27. The molecule has 12 heavy (non-hydrogen) atoms. The predicted molar refractivity (Wildman–Crippen MR) is 40.0 cm³/mol. The van der Waals surface area contributed by atoms with Gasteiger partial charge in [-0.15, -0.1) is 0 Å². The van der Waals surface area contributed by atoms with Gasteiger partial charge in [-0.05, 0) is 0 Å². The molecule has 0 unspecified atom stereocenters. The molecule has 0 saturated heterocycles. The smallest absolute Gasteiger partial charge is 1.00 e. The monoisotopic (exact) mass is 374 g/mol. The van der Waals surface area contributed by atoms with Crippen molar-refractivity contribution in [1.29, 1.82) is 0 Å². The van der Waals surface area contributed by atoms with Crippen LogP contribution < -0.4 is 0 Å². The fourth-order valence-corrected chi connectivity index (χ4v) is 0. The van der Waals surface area contributed by atoms with Crippen LogP contribution in [-0.4, -0.2) is 77.5 Å². The van der Waals surface area contributed by atoms with Crippen molar-refractivity contribution in [3.05, 3.63) is 12.7 Å². The summed E-state index contributed by atoms with van der Waals surface area (Å²) < 4.78 is 31.6. The number of carbonyl (C=O) groups is 1. The number of aliphatic carboxylic acids is 1. The van der Waals surface area contributed by atoms with Crippen LogP contribution in [0, 0.1) is 0 Å². The van der Waals surface area contributed by atoms with E-state index >= 15 is 0 Å². The van der Waals surface area contributed by atoms with Crippen LogP contribution in [0.3, 0.4) is 0 Å². The molecule has 66 valence electrons. The maximum absolute atomic E-state index is 9.25. The molecular formula is C3H8BaO6SZn. The Morgan fingerprint density at radius 2 is 1.50 bits per heavy atom. The normalized spacial score (nSPS) is 7.50. The molecule has 0 atom stereocenters. The average molecular weight is 375 g/mol. The molecule has 0 heterocycles. The van der Waals surface area contributed by atoms with E-state index in [1.165, 1.54) is 0 Å². The van der Waals surface area contributed by atoms with Crippen LogP contribution in [0.15, 0.2) is 12.7 Å². The number of rotatable bonds is 1. The molecule has 0 aliphatic rings. The van der Waals surface area contributed by atoms with E-state index in [2.05, 4.69) is 6.58 Å². The maximum Gasteiger partial charge on any atom is 2.00 e. The van der Waals surface area contributed by atoms with Gasteiger partial charge in [-0.3, -0.25) is 9.11 Å². The fraction of sp³-hybridized carbons (Fsp3) is 0. The van der Waals surface area contributed by atoms with Crippen molar-refractivity contribution in [2.45, 2.75) is 0 Å². The minimum atomic E-state index is -4.67. The summed E-state index contributed by atoms with van der Waals surface area (Å²) in [5.41, 5.74) is 0. The Bertz CT molecular complexity index is 211. The Balaban J connectivity index is -0.0000000178. The molecule has 0 aliphatic carbocycles. The van der Waals surface area contributed by atoms with Crippen molar-refractivity contribution >= 4 is 65.2 Å². The summed E-state index contributed by atoms with van der Waals surface area (Å²) >= 11 is 0. The zero-order valence-corrected chi connectivity index (χ0v) is 14.4. The largest absolute Gasteiger partial charge is 2.00 e. The van der Waals surface area contributed by atoms with E-state index in [0.29, 0.717) is 0 Å². The molecule has 0 aromatic rings. The van der Waals surface area contributed by atoms with Crippen molar-refractivity contribution in [2.24, 2.45) is 0 Å². The molecule has 0 amide bonds. The van der Waals surface area contributed by atoms with Crippen LogP contribution in [0.25, 0.3) is 0 Å². The van der Waals surface area contributed by atoms with Gasteiger partial charge in [-0.2, -0.15) is 8.42 Å². The summed E-state index contributed by atoms with van der Waals surface area (Å²) in [7, 11) is -4.67. The number of hydrogen-bond donors (Lipinski definition) is 3. The maximum atomic E-state index is 9.25. The first-order valence-electron chi connectivity index (χ1n) is 1.82. The quantitative estimate of drug-likeness (QED) is 0.322. The Morgan fingerprint density at radius 1 is 1.42 bits per heavy atom. The van der Waals surface area contributed by atoms with Crippen molar-refractivity contribution in [1.82, 2.24) is 0 Å². The van der Waals surface area contributed by atoms with Crippen LogP contribution >= 0.6 is 0 Å². The molecule has 0 saturated carbocycles. The summed E-state index contributed by atoms with van der Waals surface area (Å²) in [5.74, 6) is -0.981. The SMILES string of the molecule is C=CC(=O)O.O=S(=O)(O)O.[Ba+2].[H-].[H-].[Zn]. The van der Waals surface area contributed by atoms with Crippen molar-refractivity contribution < 1.29 is 49.8 Å². The molecule has 0 spiro atoms. The third-order valence-electron chi connectivity index (χ3n) is 0.175. The third-order valence-corrected chi connectivity index (χ3v) is 0.175. The third kappa shape index (κ3) is 111. The predicted octanol–water partition coefficient (Wildman–Crippen LogP) is -0.554. The molecule has 0 aliphatic heterocycles. The van der Waals surface area contributed by atoms with Crippen LogP contribution in [0.4, 0.5) is 0 Å². The van der Waals surface area contributed by atoms with Crippen LogP contribution in [-0.2, 0) is 34.7 Å². The van der Waals surface area contributed by atoms with Crippen molar-refractivity contribution in [3.8, 4) is 0 Å². The van der Waals surface area contributed by atoms with Crippen LogP contribution in [0.2, 0.25) is 0 Å². The zero-order valence-electron chi connectivity index (χ0n) is 8.17. The minimum absolute atomic E-state index is 0. The van der Waals surface area contributed by atoms with E-state index in [-0.39, 0.29) is 71.2 Å². The number of carboxylic acid groups (broad SMARTS) is 1.